The van der Waals surface area contributed by atoms with E-state index in [-0.39, 0.29) is 0 Å². The second-order valence-corrected chi connectivity index (χ2v) is 7.15. The van der Waals surface area contributed by atoms with Gasteiger partial charge in [0.2, 0.25) is 0 Å². The van der Waals surface area contributed by atoms with Crippen LogP contribution in [-0.4, -0.2) is 49.1 Å². The van der Waals surface area contributed by atoms with Crippen LogP contribution in [0.3, 0.4) is 0 Å². The van der Waals surface area contributed by atoms with Crippen LogP contribution in [0.4, 0.5) is 0 Å². The first-order valence-corrected chi connectivity index (χ1v) is 9.10. The molecule has 0 spiro atoms. The monoisotopic (exact) mass is 323 g/mol. The summed E-state index contributed by atoms with van der Waals surface area (Å²) in [6.07, 6.45) is 5.46. The quantitative estimate of drug-likeness (QED) is 0.645. The fourth-order valence-electron chi connectivity index (χ4n) is 2.69. The van der Waals surface area contributed by atoms with Gasteiger partial charge in [0, 0.05) is 25.0 Å². The van der Waals surface area contributed by atoms with E-state index in [2.05, 4.69) is 39.4 Å². The molecule has 0 radical (unpaired) electrons. The van der Waals surface area contributed by atoms with Crippen LogP contribution in [0.15, 0.2) is 4.99 Å². The Labute approximate surface area is 138 Å². The van der Waals surface area contributed by atoms with Crippen LogP contribution < -0.4 is 10.6 Å². The van der Waals surface area contributed by atoms with Gasteiger partial charge in [0.05, 0.1) is 12.2 Å². The number of hydrogen-bond donors (Lipinski definition) is 2. The molecular formula is C16H29N5S. The second kappa shape index (κ2) is 9.10. The second-order valence-electron chi connectivity index (χ2n) is 5.86. The smallest absolute Gasteiger partial charge is 0.191 e. The van der Waals surface area contributed by atoms with Gasteiger partial charge in [0.15, 0.2) is 5.96 Å². The summed E-state index contributed by atoms with van der Waals surface area (Å²) in [5, 5.41) is 7.86. The van der Waals surface area contributed by atoms with E-state index in [0.717, 1.165) is 36.3 Å². The topological polar surface area (TPSA) is 52.6 Å². The Morgan fingerprint density at radius 1 is 1.18 bits per heavy atom. The minimum absolute atomic E-state index is 0.739. The molecule has 5 nitrogen and oxygen atoms in total. The van der Waals surface area contributed by atoms with Gasteiger partial charge in [-0.1, -0.05) is 12.8 Å². The molecule has 1 fully saturated rings. The van der Waals surface area contributed by atoms with Crippen LogP contribution in [0.25, 0.3) is 0 Å². The van der Waals surface area contributed by atoms with Crippen molar-refractivity contribution in [1.82, 2.24) is 20.5 Å². The first-order valence-electron chi connectivity index (χ1n) is 8.29. The Hall–Kier alpha value is -1.14. The van der Waals surface area contributed by atoms with Crippen molar-refractivity contribution in [3.05, 3.63) is 15.6 Å². The number of hydrogen-bond acceptors (Lipinski definition) is 4. The molecule has 2 rings (SSSR count). The van der Waals surface area contributed by atoms with E-state index in [1.807, 2.05) is 7.05 Å². The van der Waals surface area contributed by atoms with Crippen LogP contribution in [-0.2, 0) is 6.54 Å². The van der Waals surface area contributed by atoms with Crippen LogP contribution >= 0.6 is 11.3 Å². The summed E-state index contributed by atoms with van der Waals surface area (Å²) >= 11 is 1.75. The van der Waals surface area contributed by atoms with E-state index in [4.69, 9.17) is 0 Å². The summed E-state index contributed by atoms with van der Waals surface area (Å²) in [5.41, 5.74) is 1.13. The molecule has 1 saturated heterocycles. The number of thiazole rings is 1. The lowest BCUT2D eigenvalue weighted by molar-refractivity contribution is 0.289. The number of likely N-dealkylation sites (tertiary alicyclic amines) is 1. The lowest BCUT2D eigenvalue weighted by Gasteiger charge is -2.20. The van der Waals surface area contributed by atoms with Crippen LogP contribution in [0, 0.1) is 13.8 Å². The number of aromatic nitrogens is 1. The van der Waals surface area contributed by atoms with Gasteiger partial charge in [-0.05, 0) is 39.8 Å². The zero-order chi connectivity index (χ0) is 15.8. The molecular weight excluding hydrogens is 294 g/mol. The molecule has 1 aromatic heterocycles. The van der Waals surface area contributed by atoms with Gasteiger partial charge in [-0.3, -0.25) is 4.99 Å². The number of aliphatic imine (C=N–C) groups is 1. The fraction of sp³-hybridized carbons (Fsp3) is 0.750. The SMILES string of the molecule is CN=C(NCCN1CCCCCC1)NCc1nc(C)c(C)s1. The van der Waals surface area contributed by atoms with Gasteiger partial charge in [-0.2, -0.15) is 0 Å². The molecule has 0 aliphatic carbocycles. The van der Waals surface area contributed by atoms with E-state index < -0.39 is 0 Å². The summed E-state index contributed by atoms with van der Waals surface area (Å²) in [5.74, 6) is 0.861. The van der Waals surface area contributed by atoms with Crippen molar-refractivity contribution in [2.24, 2.45) is 4.99 Å². The third-order valence-electron chi connectivity index (χ3n) is 4.12. The molecule has 124 valence electrons. The van der Waals surface area contributed by atoms with Crippen molar-refractivity contribution >= 4 is 17.3 Å². The molecule has 22 heavy (non-hydrogen) atoms. The molecule has 1 aliphatic heterocycles. The normalized spacial score (nSPS) is 17.3. The predicted octanol–water partition coefficient (Wildman–Crippen LogP) is 2.30. The summed E-state index contributed by atoms with van der Waals surface area (Å²) < 4.78 is 0. The molecule has 1 aromatic rings. The minimum Gasteiger partial charge on any atom is -0.355 e. The minimum atomic E-state index is 0.739. The predicted molar refractivity (Wildman–Crippen MR) is 94.7 cm³/mol. The molecule has 0 aromatic carbocycles. The Morgan fingerprint density at radius 2 is 1.91 bits per heavy atom. The lowest BCUT2D eigenvalue weighted by Crippen LogP contribution is -2.41. The maximum absolute atomic E-state index is 4.55. The van der Waals surface area contributed by atoms with Gasteiger partial charge in [-0.15, -0.1) is 11.3 Å². The Kier molecular flexibility index (Phi) is 7.12. The molecule has 2 N–H and O–H groups in total. The molecule has 0 unspecified atom stereocenters. The van der Waals surface area contributed by atoms with Crippen molar-refractivity contribution in [2.75, 3.05) is 33.2 Å². The largest absolute Gasteiger partial charge is 0.355 e. The van der Waals surface area contributed by atoms with Crippen molar-refractivity contribution < 1.29 is 0 Å². The van der Waals surface area contributed by atoms with Gasteiger partial charge >= 0.3 is 0 Å². The Bertz CT molecular complexity index is 455. The van der Waals surface area contributed by atoms with E-state index in [1.54, 1.807) is 11.3 Å². The molecule has 1 aliphatic rings. The van der Waals surface area contributed by atoms with Crippen molar-refractivity contribution in [3.8, 4) is 0 Å². The number of rotatable bonds is 5. The van der Waals surface area contributed by atoms with Crippen LogP contribution in [0.2, 0.25) is 0 Å². The van der Waals surface area contributed by atoms with Crippen molar-refractivity contribution in [3.63, 3.8) is 0 Å². The average Bonchev–Trinajstić information content (AvgIpc) is 2.71. The highest BCUT2D eigenvalue weighted by molar-refractivity contribution is 7.11. The Balaban J connectivity index is 1.68. The van der Waals surface area contributed by atoms with Crippen LogP contribution in [0.1, 0.15) is 41.3 Å². The summed E-state index contributed by atoms with van der Waals surface area (Å²) in [6, 6.07) is 0. The number of nitrogens with zero attached hydrogens (tertiary/aromatic N) is 3. The highest BCUT2D eigenvalue weighted by Crippen LogP contribution is 2.15. The lowest BCUT2D eigenvalue weighted by atomic mass is 10.2. The zero-order valence-electron chi connectivity index (χ0n) is 14.1. The van der Waals surface area contributed by atoms with Crippen molar-refractivity contribution in [2.45, 2.75) is 46.1 Å². The first kappa shape index (κ1) is 17.2. The number of guanidine groups is 1. The average molecular weight is 324 g/mol. The van der Waals surface area contributed by atoms with Gasteiger partial charge in [0.25, 0.3) is 0 Å². The number of aryl methyl sites for hydroxylation is 2. The summed E-state index contributed by atoms with van der Waals surface area (Å²) in [7, 11) is 1.82. The van der Waals surface area contributed by atoms with E-state index in [0.29, 0.717) is 0 Å². The molecule has 0 saturated carbocycles. The number of nitrogens with one attached hydrogen (secondary N) is 2. The molecule has 6 heteroatoms. The summed E-state index contributed by atoms with van der Waals surface area (Å²) in [4.78, 5) is 12.7. The summed E-state index contributed by atoms with van der Waals surface area (Å²) in [6.45, 7) is 9.43. The van der Waals surface area contributed by atoms with E-state index in [1.165, 1.54) is 43.6 Å². The van der Waals surface area contributed by atoms with Gasteiger partial charge < -0.3 is 15.5 Å². The van der Waals surface area contributed by atoms with Gasteiger partial charge in [-0.25, -0.2) is 4.98 Å². The maximum atomic E-state index is 4.55. The Morgan fingerprint density at radius 3 is 2.50 bits per heavy atom. The van der Waals surface area contributed by atoms with Crippen LogP contribution in [0.5, 0.6) is 0 Å². The standard InChI is InChI=1S/C16H29N5S/c1-13-14(2)22-15(20-13)12-19-16(17-3)18-8-11-21-9-6-4-5-7-10-21/h4-12H2,1-3H3,(H2,17,18,19). The maximum Gasteiger partial charge on any atom is 0.191 e. The van der Waals surface area contributed by atoms with E-state index >= 15 is 0 Å². The van der Waals surface area contributed by atoms with Gasteiger partial charge in [0.1, 0.15) is 5.01 Å². The fourth-order valence-corrected chi connectivity index (χ4v) is 3.56. The first-order chi connectivity index (χ1) is 10.7. The zero-order valence-corrected chi connectivity index (χ0v) is 14.9. The highest BCUT2D eigenvalue weighted by atomic mass is 32.1. The third-order valence-corrected chi connectivity index (χ3v) is 5.20. The van der Waals surface area contributed by atoms with Crippen molar-refractivity contribution in [1.29, 1.82) is 0 Å². The molecule has 2 heterocycles. The molecule has 0 atom stereocenters. The third kappa shape index (κ3) is 5.57. The molecule has 0 amide bonds. The molecule has 0 bridgehead atoms. The highest BCUT2D eigenvalue weighted by Gasteiger charge is 2.09. The van der Waals surface area contributed by atoms with E-state index in [9.17, 15) is 0 Å².